The molecule has 0 atom stereocenters. The van der Waals surface area contributed by atoms with E-state index < -0.39 is 0 Å². The van der Waals surface area contributed by atoms with Gasteiger partial charge in [0.2, 0.25) is 0 Å². The SMILES string of the molecule is COc1ccc(-n2ncc(I)n2)c(I)c1.COc1ccc(-n2ncc(I)n2)c(I)c1. The van der Waals surface area contributed by atoms with Crippen molar-refractivity contribution in [2.24, 2.45) is 0 Å². The maximum Gasteiger partial charge on any atom is 0.143 e. The van der Waals surface area contributed by atoms with Crippen molar-refractivity contribution in [1.29, 1.82) is 0 Å². The minimum atomic E-state index is 0.838. The Balaban J connectivity index is 0.000000171. The first kappa shape index (κ1) is 23.9. The van der Waals surface area contributed by atoms with Crippen molar-refractivity contribution in [3.05, 3.63) is 63.3 Å². The van der Waals surface area contributed by atoms with Gasteiger partial charge in [-0.15, -0.1) is 19.8 Å². The fraction of sp³-hybridized carbons (Fsp3) is 0.111. The zero-order chi connectivity index (χ0) is 21.7. The quantitative estimate of drug-likeness (QED) is 0.270. The summed E-state index contributed by atoms with van der Waals surface area (Å²) in [4.78, 5) is 3.23. The first-order valence-electron chi connectivity index (χ1n) is 8.24. The van der Waals surface area contributed by atoms with Gasteiger partial charge in [-0.2, -0.15) is 10.2 Å². The third-order valence-electron chi connectivity index (χ3n) is 3.67. The van der Waals surface area contributed by atoms with Crippen LogP contribution < -0.4 is 9.47 Å². The molecule has 2 heterocycles. The molecule has 0 aliphatic heterocycles. The van der Waals surface area contributed by atoms with Crippen LogP contribution in [0.1, 0.15) is 0 Å². The summed E-state index contributed by atoms with van der Waals surface area (Å²) in [6.07, 6.45) is 3.45. The van der Waals surface area contributed by atoms with E-state index in [0.29, 0.717) is 0 Å². The molecule has 12 heteroatoms. The van der Waals surface area contributed by atoms with E-state index in [1.807, 2.05) is 36.4 Å². The zero-order valence-corrected chi connectivity index (χ0v) is 24.3. The highest BCUT2D eigenvalue weighted by atomic mass is 127. The molecule has 0 spiro atoms. The van der Waals surface area contributed by atoms with E-state index in [-0.39, 0.29) is 0 Å². The van der Waals surface area contributed by atoms with Crippen LogP contribution in [0.25, 0.3) is 11.4 Å². The predicted octanol–water partition coefficient (Wildman–Crippen LogP) is 4.97. The number of aromatic nitrogens is 6. The van der Waals surface area contributed by atoms with E-state index >= 15 is 0 Å². The Labute approximate surface area is 227 Å². The van der Waals surface area contributed by atoms with Crippen LogP contribution in [0.3, 0.4) is 0 Å². The molecule has 2 aromatic carbocycles. The van der Waals surface area contributed by atoms with Gasteiger partial charge in [-0.05, 0) is 127 Å². The zero-order valence-electron chi connectivity index (χ0n) is 15.6. The summed E-state index contributed by atoms with van der Waals surface area (Å²) in [6.45, 7) is 0. The fourth-order valence-electron chi connectivity index (χ4n) is 2.27. The Kier molecular flexibility index (Phi) is 8.93. The third-order valence-corrected chi connectivity index (χ3v) is 6.39. The Morgan fingerprint density at radius 2 is 1.07 bits per heavy atom. The molecule has 0 amide bonds. The summed E-state index contributed by atoms with van der Waals surface area (Å²) < 4.78 is 14.1. The average molecular weight is 854 g/mol. The number of ether oxygens (including phenoxy) is 2. The molecule has 0 fully saturated rings. The molecule has 0 N–H and O–H groups in total. The number of nitrogens with zero attached hydrogens (tertiary/aromatic N) is 6. The third kappa shape index (κ3) is 6.15. The van der Waals surface area contributed by atoms with E-state index in [1.165, 1.54) is 0 Å². The highest BCUT2D eigenvalue weighted by Gasteiger charge is 2.07. The van der Waals surface area contributed by atoms with E-state index in [2.05, 4.69) is 111 Å². The standard InChI is InChI=1S/2C9H7I2N3O/c2*1-15-6-2-3-8(7(10)4-6)14-12-5-9(11)13-14/h2*2-5H,1H3. The van der Waals surface area contributed by atoms with E-state index in [1.54, 1.807) is 36.2 Å². The molecule has 8 nitrogen and oxygen atoms in total. The second kappa shape index (κ2) is 11.2. The lowest BCUT2D eigenvalue weighted by Gasteiger charge is -2.05. The Morgan fingerprint density at radius 3 is 1.33 bits per heavy atom. The maximum atomic E-state index is 5.13. The van der Waals surface area contributed by atoms with Crippen LogP contribution in [0.5, 0.6) is 11.5 Å². The second-order valence-electron chi connectivity index (χ2n) is 5.55. The van der Waals surface area contributed by atoms with Gasteiger partial charge >= 0.3 is 0 Å². The Bertz CT molecular complexity index is 1060. The minimum Gasteiger partial charge on any atom is -0.497 e. The van der Waals surface area contributed by atoms with Crippen molar-refractivity contribution in [3.63, 3.8) is 0 Å². The molecule has 0 aliphatic rings. The van der Waals surface area contributed by atoms with Crippen molar-refractivity contribution >= 4 is 90.4 Å². The molecule has 0 bridgehead atoms. The number of benzene rings is 2. The molecule has 4 rings (SSSR count). The van der Waals surface area contributed by atoms with E-state index in [0.717, 1.165) is 37.4 Å². The molecule has 4 aromatic rings. The summed E-state index contributed by atoms with van der Waals surface area (Å²) >= 11 is 8.74. The summed E-state index contributed by atoms with van der Waals surface area (Å²) in [5.74, 6) is 1.68. The Hall–Kier alpha value is -0.760. The number of hydrogen-bond acceptors (Lipinski definition) is 6. The average Bonchev–Trinajstić information content (AvgIpc) is 3.36. The summed E-state index contributed by atoms with van der Waals surface area (Å²) in [5, 5.41) is 16.8. The first-order chi connectivity index (χ1) is 14.4. The van der Waals surface area contributed by atoms with Crippen molar-refractivity contribution in [1.82, 2.24) is 30.0 Å². The normalized spacial score (nSPS) is 10.3. The van der Waals surface area contributed by atoms with Crippen LogP contribution in [0.15, 0.2) is 48.8 Å². The molecule has 2 aromatic heterocycles. The fourth-order valence-corrected chi connectivity index (χ4v) is 4.34. The molecule has 0 aliphatic carbocycles. The number of halogens is 4. The predicted molar refractivity (Wildman–Crippen MR) is 147 cm³/mol. The largest absolute Gasteiger partial charge is 0.497 e. The highest BCUT2D eigenvalue weighted by Crippen LogP contribution is 2.22. The lowest BCUT2D eigenvalue weighted by Crippen LogP contribution is -2.01. The molecule has 30 heavy (non-hydrogen) atoms. The van der Waals surface area contributed by atoms with Crippen LogP contribution in [0.4, 0.5) is 0 Å². The van der Waals surface area contributed by atoms with Gasteiger partial charge in [-0.25, -0.2) is 0 Å². The highest BCUT2D eigenvalue weighted by molar-refractivity contribution is 14.1. The van der Waals surface area contributed by atoms with E-state index in [4.69, 9.17) is 9.47 Å². The number of rotatable bonds is 4. The smallest absolute Gasteiger partial charge is 0.143 e. The summed E-state index contributed by atoms with van der Waals surface area (Å²) in [7, 11) is 3.31. The van der Waals surface area contributed by atoms with Crippen molar-refractivity contribution < 1.29 is 9.47 Å². The minimum absolute atomic E-state index is 0.838. The maximum absolute atomic E-state index is 5.13. The van der Waals surface area contributed by atoms with Gasteiger partial charge in [0.25, 0.3) is 0 Å². The molecular formula is C18H14I4N6O2. The van der Waals surface area contributed by atoms with Gasteiger partial charge in [-0.1, -0.05) is 0 Å². The lowest BCUT2D eigenvalue weighted by molar-refractivity contribution is 0.414. The van der Waals surface area contributed by atoms with Gasteiger partial charge in [0.05, 0.1) is 38.0 Å². The van der Waals surface area contributed by atoms with Gasteiger partial charge in [0.1, 0.15) is 18.9 Å². The van der Waals surface area contributed by atoms with Crippen LogP contribution >= 0.6 is 90.4 Å². The molecule has 0 saturated carbocycles. The van der Waals surface area contributed by atoms with Gasteiger partial charge in [0, 0.05) is 7.14 Å². The lowest BCUT2D eigenvalue weighted by atomic mass is 10.3. The number of methoxy groups -OCH3 is 2. The molecule has 0 radical (unpaired) electrons. The summed E-state index contributed by atoms with van der Waals surface area (Å²) in [6, 6.07) is 11.6. The number of hydrogen-bond donors (Lipinski definition) is 0. The van der Waals surface area contributed by atoms with Crippen LogP contribution in [-0.2, 0) is 0 Å². The van der Waals surface area contributed by atoms with Crippen molar-refractivity contribution in [2.45, 2.75) is 0 Å². The monoisotopic (exact) mass is 854 g/mol. The Morgan fingerprint density at radius 1 is 0.667 bits per heavy atom. The van der Waals surface area contributed by atoms with Crippen molar-refractivity contribution in [2.75, 3.05) is 14.2 Å². The van der Waals surface area contributed by atoms with Crippen LogP contribution in [-0.4, -0.2) is 44.2 Å². The first-order valence-corrected chi connectivity index (χ1v) is 12.6. The van der Waals surface area contributed by atoms with E-state index in [9.17, 15) is 0 Å². The van der Waals surface area contributed by atoms with Crippen LogP contribution in [0.2, 0.25) is 0 Å². The molecule has 0 saturated heterocycles. The second-order valence-corrected chi connectivity index (χ2v) is 10.1. The molecule has 156 valence electrons. The topological polar surface area (TPSA) is 79.9 Å². The van der Waals surface area contributed by atoms with Crippen LogP contribution in [0, 0.1) is 14.5 Å². The van der Waals surface area contributed by atoms with Gasteiger partial charge < -0.3 is 9.47 Å². The van der Waals surface area contributed by atoms with Gasteiger partial charge in [0.15, 0.2) is 0 Å². The molecule has 0 unspecified atom stereocenters. The summed E-state index contributed by atoms with van der Waals surface area (Å²) in [5.41, 5.74) is 1.92. The van der Waals surface area contributed by atoms with Crippen molar-refractivity contribution in [3.8, 4) is 22.9 Å². The molecular weight excluding hydrogens is 840 g/mol. The van der Waals surface area contributed by atoms with Gasteiger partial charge in [-0.3, -0.25) is 0 Å².